The Morgan fingerprint density at radius 2 is 1.46 bits per heavy atom. The van der Waals surface area contributed by atoms with Gasteiger partial charge in [-0.3, -0.25) is 4.98 Å². The van der Waals surface area contributed by atoms with Crippen LogP contribution in [0.4, 0.5) is 0 Å². The number of hydrogen-bond acceptors (Lipinski definition) is 6. The molecule has 0 spiro atoms. The monoisotopic (exact) mass is 372 g/mol. The highest BCUT2D eigenvalue weighted by molar-refractivity contribution is 5.78. The number of aryl methyl sites for hydroxylation is 1. The van der Waals surface area contributed by atoms with Crippen molar-refractivity contribution in [1.82, 2.24) is 4.98 Å². The fourth-order valence-electron chi connectivity index (χ4n) is 3.46. The maximum Gasteiger partial charge on any atom is 0.231 e. The first kappa shape index (κ1) is 16.5. The lowest BCUT2D eigenvalue weighted by Gasteiger charge is -2.19. The Balaban J connectivity index is 1.64. The number of hydrogen-bond donors (Lipinski definition) is 0. The lowest BCUT2D eigenvalue weighted by Crippen LogP contribution is -2.15. The van der Waals surface area contributed by atoms with E-state index in [1.807, 2.05) is 49.4 Å². The third kappa shape index (κ3) is 2.69. The van der Waals surface area contributed by atoms with Gasteiger partial charge in [-0.05, 0) is 48.9 Å². The number of nitriles is 1. The predicted octanol–water partition coefficient (Wildman–Crippen LogP) is 4.10. The van der Waals surface area contributed by atoms with Gasteiger partial charge in [0.05, 0.1) is 17.0 Å². The van der Waals surface area contributed by atoms with Gasteiger partial charge in [0.25, 0.3) is 0 Å². The summed E-state index contributed by atoms with van der Waals surface area (Å²) in [5.74, 6) is 2.82. The van der Waals surface area contributed by atoms with Gasteiger partial charge in [-0.25, -0.2) is 0 Å². The van der Waals surface area contributed by atoms with Crippen molar-refractivity contribution in [1.29, 1.82) is 5.26 Å². The average molecular weight is 372 g/mol. The second-order valence-electron chi connectivity index (χ2n) is 6.55. The fourth-order valence-corrected chi connectivity index (χ4v) is 3.46. The second-order valence-corrected chi connectivity index (χ2v) is 6.55. The number of ether oxygens (including phenoxy) is 4. The summed E-state index contributed by atoms with van der Waals surface area (Å²) in [5.41, 5.74) is 4.56. The van der Waals surface area contributed by atoms with Crippen LogP contribution in [-0.2, 0) is 0 Å². The Morgan fingerprint density at radius 1 is 0.821 bits per heavy atom. The topological polar surface area (TPSA) is 73.6 Å². The number of rotatable bonds is 2. The number of fused-ring (bicyclic) bond motifs is 2. The zero-order valence-electron chi connectivity index (χ0n) is 15.2. The summed E-state index contributed by atoms with van der Waals surface area (Å²) in [4.78, 5) is 4.65. The van der Waals surface area contributed by atoms with Crippen molar-refractivity contribution < 1.29 is 18.9 Å². The average Bonchev–Trinajstić information content (AvgIpc) is 3.20. The van der Waals surface area contributed by atoms with Crippen molar-refractivity contribution in [2.45, 2.75) is 6.92 Å². The Morgan fingerprint density at radius 3 is 2.29 bits per heavy atom. The first-order valence-electron chi connectivity index (χ1n) is 8.95. The highest BCUT2D eigenvalue weighted by Gasteiger charge is 2.19. The molecule has 0 radical (unpaired) electrons. The van der Waals surface area contributed by atoms with Crippen LogP contribution in [0.2, 0.25) is 0 Å². The molecular weight excluding hydrogens is 356 g/mol. The van der Waals surface area contributed by atoms with E-state index >= 15 is 0 Å². The Bertz CT molecular complexity index is 1130. The number of pyridine rings is 1. The molecule has 2 aliphatic rings. The van der Waals surface area contributed by atoms with Gasteiger partial charge in [-0.2, -0.15) is 5.26 Å². The minimum atomic E-state index is 0.210. The molecule has 2 aliphatic heterocycles. The summed E-state index contributed by atoms with van der Waals surface area (Å²) in [6.45, 7) is 3.13. The number of benzene rings is 2. The lowest BCUT2D eigenvalue weighted by atomic mass is 9.96. The molecule has 0 fully saturated rings. The molecule has 0 N–H and O–H groups in total. The molecule has 0 saturated heterocycles. The van der Waals surface area contributed by atoms with E-state index in [1.165, 1.54) is 0 Å². The lowest BCUT2D eigenvalue weighted by molar-refractivity contribution is 0.171. The van der Waals surface area contributed by atoms with Crippen LogP contribution in [0.1, 0.15) is 11.3 Å². The Hall–Kier alpha value is -3.72. The SMILES string of the molecule is Cc1nc(-c2ccc3c(c2)OCCO3)cc(-c2ccc3c(c2)OCO3)c1C#N. The molecule has 1 aromatic heterocycles. The molecule has 28 heavy (non-hydrogen) atoms. The van der Waals surface area contributed by atoms with Crippen molar-refractivity contribution >= 4 is 0 Å². The van der Waals surface area contributed by atoms with Crippen molar-refractivity contribution in [2.24, 2.45) is 0 Å². The molecular formula is C22H16N2O4. The van der Waals surface area contributed by atoms with Crippen LogP contribution in [-0.4, -0.2) is 25.0 Å². The van der Waals surface area contributed by atoms with Crippen LogP contribution in [0.3, 0.4) is 0 Å². The summed E-state index contributed by atoms with van der Waals surface area (Å²) in [6, 6.07) is 15.6. The molecule has 3 heterocycles. The smallest absolute Gasteiger partial charge is 0.231 e. The van der Waals surface area contributed by atoms with Gasteiger partial charge in [0, 0.05) is 11.1 Å². The molecule has 0 atom stereocenters. The standard InChI is InChI=1S/C22H16N2O4/c1-13-17(11-23)16(14-2-4-20-22(8-14)28-12-27-20)10-18(24-13)15-3-5-19-21(9-15)26-7-6-25-19/h2-5,8-10H,6-7,12H2,1H3. The molecule has 0 saturated carbocycles. The van der Waals surface area contributed by atoms with E-state index in [0.717, 1.165) is 28.1 Å². The summed E-state index contributed by atoms with van der Waals surface area (Å²) in [5, 5.41) is 9.69. The van der Waals surface area contributed by atoms with Gasteiger partial charge in [0.1, 0.15) is 19.3 Å². The van der Waals surface area contributed by atoms with Gasteiger partial charge < -0.3 is 18.9 Å². The minimum absolute atomic E-state index is 0.210. The molecule has 0 bridgehead atoms. The van der Waals surface area contributed by atoms with E-state index in [9.17, 15) is 5.26 Å². The van der Waals surface area contributed by atoms with Gasteiger partial charge in [-0.15, -0.1) is 0 Å². The molecule has 6 heteroatoms. The van der Waals surface area contributed by atoms with Gasteiger partial charge in [0.2, 0.25) is 6.79 Å². The van der Waals surface area contributed by atoms with Gasteiger partial charge >= 0.3 is 0 Å². The predicted molar refractivity (Wildman–Crippen MR) is 102 cm³/mol. The Labute approximate surface area is 161 Å². The van der Waals surface area contributed by atoms with Crippen LogP contribution in [0.25, 0.3) is 22.4 Å². The molecule has 3 aromatic rings. The molecule has 6 nitrogen and oxygen atoms in total. The van der Waals surface area contributed by atoms with Crippen molar-refractivity contribution in [3.05, 3.63) is 53.7 Å². The highest BCUT2D eigenvalue weighted by Crippen LogP contribution is 2.39. The third-order valence-corrected chi connectivity index (χ3v) is 4.83. The molecule has 0 aliphatic carbocycles. The second kappa shape index (κ2) is 6.46. The van der Waals surface area contributed by atoms with E-state index in [2.05, 4.69) is 11.1 Å². The quantitative estimate of drug-likeness (QED) is 0.674. The van der Waals surface area contributed by atoms with Crippen molar-refractivity contribution in [2.75, 3.05) is 20.0 Å². The zero-order valence-corrected chi connectivity index (χ0v) is 15.2. The van der Waals surface area contributed by atoms with Crippen LogP contribution in [0.5, 0.6) is 23.0 Å². The third-order valence-electron chi connectivity index (χ3n) is 4.83. The first-order valence-corrected chi connectivity index (χ1v) is 8.95. The Kier molecular flexibility index (Phi) is 3.80. The van der Waals surface area contributed by atoms with Gasteiger partial charge in [-0.1, -0.05) is 6.07 Å². The summed E-state index contributed by atoms with van der Waals surface area (Å²) >= 11 is 0. The van der Waals surface area contributed by atoms with Gasteiger partial charge in [0.15, 0.2) is 23.0 Å². The molecule has 2 aromatic carbocycles. The van der Waals surface area contributed by atoms with Crippen molar-refractivity contribution in [3.8, 4) is 51.5 Å². The number of aromatic nitrogens is 1. The van der Waals surface area contributed by atoms with Crippen LogP contribution >= 0.6 is 0 Å². The van der Waals surface area contributed by atoms with Crippen LogP contribution in [0.15, 0.2) is 42.5 Å². The fraction of sp³-hybridized carbons (Fsp3) is 0.182. The normalized spacial score (nSPS) is 13.9. The largest absolute Gasteiger partial charge is 0.486 e. The van der Waals surface area contributed by atoms with E-state index in [4.69, 9.17) is 18.9 Å². The highest BCUT2D eigenvalue weighted by atomic mass is 16.7. The van der Waals surface area contributed by atoms with E-state index in [0.29, 0.717) is 41.7 Å². The minimum Gasteiger partial charge on any atom is -0.486 e. The van der Waals surface area contributed by atoms with Crippen LogP contribution < -0.4 is 18.9 Å². The van der Waals surface area contributed by atoms with Crippen LogP contribution in [0, 0.1) is 18.3 Å². The zero-order chi connectivity index (χ0) is 19.1. The molecule has 138 valence electrons. The molecule has 0 unspecified atom stereocenters. The van der Waals surface area contributed by atoms with E-state index < -0.39 is 0 Å². The number of nitrogens with zero attached hydrogens (tertiary/aromatic N) is 2. The maximum atomic E-state index is 9.69. The summed E-state index contributed by atoms with van der Waals surface area (Å²) < 4.78 is 22.2. The molecule has 0 amide bonds. The van der Waals surface area contributed by atoms with Crippen molar-refractivity contribution in [3.63, 3.8) is 0 Å². The maximum absolute atomic E-state index is 9.69. The van der Waals surface area contributed by atoms with E-state index in [-0.39, 0.29) is 6.79 Å². The first-order chi connectivity index (χ1) is 13.7. The molecule has 5 rings (SSSR count). The summed E-state index contributed by atoms with van der Waals surface area (Å²) in [7, 11) is 0. The summed E-state index contributed by atoms with van der Waals surface area (Å²) in [6.07, 6.45) is 0. The van der Waals surface area contributed by atoms with E-state index in [1.54, 1.807) is 0 Å².